The molecule has 1 aliphatic rings. The van der Waals surface area contributed by atoms with Crippen LogP contribution in [0.25, 0.3) is 22.4 Å². The SMILES string of the molecule is O=C(Cn1cnc2onc(-c3ccc(F)cc3)c2c1=O)N1CCN(c2ccc(F)cc2)CC1. The van der Waals surface area contributed by atoms with Crippen LogP contribution in [0.1, 0.15) is 0 Å². The van der Waals surface area contributed by atoms with Crippen molar-refractivity contribution in [2.75, 3.05) is 31.1 Å². The molecule has 3 heterocycles. The van der Waals surface area contributed by atoms with E-state index in [4.69, 9.17) is 4.52 Å². The zero-order valence-electron chi connectivity index (χ0n) is 17.4. The second kappa shape index (κ2) is 8.45. The van der Waals surface area contributed by atoms with Crippen LogP contribution in [0.3, 0.4) is 0 Å². The van der Waals surface area contributed by atoms with E-state index in [1.54, 1.807) is 17.0 Å². The number of rotatable bonds is 4. The van der Waals surface area contributed by atoms with Crippen LogP contribution in [0.15, 0.2) is 64.2 Å². The molecule has 0 N–H and O–H groups in total. The molecule has 0 unspecified atom stereocenters. The smallest absolute Gasteiger partial charge is 0.267 e. The Morgan fingerprint density at radius 1 is 0.939 bits per heavy atom. The van der Waals surface area contributed by atoms with Crippen LogP contribution in [-0.4, -0.2) is 51.7 Å². The number of amides is 1. The molecule has 0 spiro atoms. The molecular weight excluding hydrogens is 432 g/mol. The van der Waals surface area contributed by atoms with Crippen molar-refractivity contribution in [3.05, 3.63) is 76.8 Å². The summed E-state index contributed by atoms with van der Waals surface area (Å²) < 4.78 is 32.8. The average molecular weight is 451 g/mol. The van der Waals surface area contributed by atoms with Gasteiger partial charge < -0.3 is 14.3 Å². The van der Waals surface area contributed by atoms with Crippen LogP contribution in [0.2, 0.25) is 0 Å². The maximum absolute atomic E-state index is 13.3. The van der Waals surface area contributed by atoms with Crippen molar-refractivity contribution in [3.8, 4) is 11.3 Å². The molecule has 1 aliphatic heterocycles. The van der Waals surface area contributed by atoms with Gasteiger partial charge in [-0.3, -0.25) is 14.2 Å². The van der Waals surface area contributed by atoms with Crippen molar-refractivity contribution >= 4 is 22.7 Å². The summed E-state index contributed by atoms with van der Waals surface area (Å²) in [5.41, 5.74) is 1.25. The van der Waals surface area contributed by atoms with E-state index in [9.17, 15) is 18.4 Å². The van der Waals surface area contributed by atoms with Gasteiger partial charge in [-0.1, -0.05) is 5.16 Å². The third kappa shape index (κ3) is 4.07. The summed E-state index contributed by atoms with van der Waals surface area (Å²) in [6.45, 7) is 1.99. The highest BCUT2D eigenvalue weighted by atomic mass is 19.1. The number of halogens is 2. The number of carbonyl (C=O) groups is 1. The molecule has 0 saturated carbocycles. The summed E-state index contributed by atoms with van der Waals surface area (Å²) in [5, 5.41) is 4.05. The van der Waals surface area contributed by atoms with Gasteiger partial charge in [-0.05, 0) is 48.5 Å². The molecule has 33 heavy (non-hydrogen) atoms. The summed E-state index contributed by atoms with van der Waals surface area (Å²) in [7, 11) is 0. The molecule has 168 valence electrons. The molecular formula is C23H19F2N5O3. The van der Waals surface area contributed by atoms with Crippen LogP contribution in [0, 0.1) is 11.6 Å². The quantitative estimate of drug-likeness (QED) is 0.474. The van der Waals surface area contributed by atoms with E-state index in [0.29, 0.717) is 31.7 Å². The Kier molecular flexibility index (Phi) is 5.33. The minimum absolute atomic E-state index is 0.0518. The highest BCUT2D eigenvalue weighted by Crippen LogP contribution is 2.24. The van der Waals surface area contributed by atoms with Gasteiger partial charge in [-0.2, -0.15) is 0 Å². The first-order valence-electron chi connectivity index (χ1n) is 10.4. The second-order valence-corrected chi connectivity index (χ2v) is 7.74. The van der Waals surface area contributed by atoms with E-state index in [1.165, 1.54) is 47.3 Å². The second-order valence-electron chi connectivity index (χ2n) is 7.74. The van der Waals surface area contributed by atoms with Gasteiger partial charge in [-0.25, -0.2) is 13.8 Å². The van der Waals surface area contributed by atoms with Crippen LogP contribution >= 0.6 is 0 Å². The number of aromatic nitrogens is 3. The molecule has 0 radical (unpaired) electrons. The average Bonchev–Trinajstić information content (AvgIpc) is 3.27. The molecule has 2 aromatic carbocycles. The van der Waals surface area contributed by atoms with Crippen LogP contribution in [0.4, 0.5) is 14.5 Å². The summed E-state index contributed by atoms with van der Waals surface area (Å²) in [6.07, 6.45) is 1.26. The fraction of sp³-hybridized carbons (Fsp3) is 0.217. The number of hydrogen-bond donors (Lipinski definition) is 0. The highest BCUT2D eigenvalue weighted by molar-refractivity contribution is 5.88. The Labute approximate surface area is 186 Å². The predicted octanol–water partition coefficient (Wildman–Crippen LogP) is 2.68. The van der Waals surface area contributed by atoms with Crippen LogP contribution < -0.4 is 10.5 Å². The third-order valence-corrected chi connectivity index (χ3v) is 5.71. The molecule has 0 bridgehead atoms. The van der Waals surface area contributed by atoms with E-state index >= 15 is 0 Å². The fourth-order valence-corrected chi connectivity index (χ4v) is 3.91. The maximum atomic E-state index is 13.3. The van der Waals surface area contributed by atoms with Gasteiger partial charge in [0.1, 0.15) is 35.6 Å². The van der Waals surface area contributed by atoms with Gasteiger partial charge in [0.2, 0.25) is 5.91 Å². The molecule has 10 heteroatoms. The minimum atomic E-state index is -0.459. The lowest BCUT2D eigenvalue weighted by atomic mass is 10.1. The van der Waals surface area contributed by atoms with Crippen molar-refractivity contribution in [3.63, 3.8) is 0 Å². The molecule has 0 aliphatic carbocycles. The standard InChI is InChI=1S/C23H19F2N5O3/c24-16-3-1-15(2-4-16)21-20-22(33-27-21)26-14-30(23(20)32)13-19(31)29-11-9-28(10-12-29)18-7-5-17(25)6-8-18/h1-8,14H,9-13H2. The van der Waals surface area contributed by atoms with Crippen molar-refractivity contribution in [1.29, 1.82) is 0 Å². The van der Waals surface area contributed by atoms with Crippen molar-refractivity contribution in [2.45, 2.75) is 6.54 Å². The lowest BCUT2D eigenvalue weighted by Crippen LogP contribution is -2.50. The molecule has 2 aromatic heterocycles. The summed E-state index contributed by atoms with van der Waals surface area (Å²) in [4.78, 5) is 33.8. The van der Waals surface area contributed by atoms with Gasteiger partial charge in [0.25, 0.3) is 11.3 Å². The van der Waals surface area contributed by atoms with Crippen molar-refractivity contribution in [1.82, 2.24) is 19.6 Å². The van der Waals surface area contributed by atoms with Crippen molar-refractivity contribution < 1.29 is 18.1 Å². The Morgan fingerprint density at radius 2 is 1.58 bits per heavy atom. The van der Waals surface area contributed by atoms with Crippen LogP contribution in [0.5, 0.6) is 0 Å². The zero-order chi connectivity index (χ0) is 22.9. The van der Waals surface area contributed by atoms with E-state index in [1.807, 2.05) is 0 Å². The molecule has 1 fully saturated rings. The van der Waals surface area contributed by atoms with Crippen LogP contribution in [-0.2, 0) is 11.3 Å². The first-order chi connectivity index (χ1) is 16.0. The Hall–Kier alpha value is -4.08. The van der Waals surface area contributed by atoms with Gasteiger partial charge in [0.15, 0.2) is 0 Å². The van der Waals surface area contributed by atoms with Gasteiger partial charge in [-0.15, -0.1) is 0 Å². The fourth-order valence-electron chi connectivity index (χ4n) is 3.91. The Bertz CT molecular complexity index is 1360. The summed E-state index contributed by atoms with van der Waals surface area (Å²) in [6, 6.07) is 11.8. The van der Waals surface area contributed by atoms with Crippen molar-refractivity contribution in [2.24, 2.45) is 0 Å². The molecule has 4 aromatic rings. The topological polar surface area (TPSA) is 84.5 Å². The zero-order valence-corrected chi connectivity index (χ0v) is 17.4. The van der Waals surface area contributed by atoms with E-state index in [-0.39, 0.29) is 35.1 Å². The highest BCUT2D eigenvalue weighted by Gasteiger charge is 2.23. The Morgan fingerprint density at radius 3 is 2.24 bits per heavy atom. The van der Waals surface area contributed by atoms with Gasteiger partial charge in [0.05, 0.1) is 0 Å². The number of carbonyl (C=O) groups excluding carboxylic acids is 1. The third-order valence-electron chi connectivity index (χ3n) is 5.71. The maximum Gasteiger partial charge on any atom is 0.267 e. The van der Waals surface area contributed by atoms with E-state index in [2.05, 4.69) is 15.0 Å². The number of fused-ring (bicyclic) bond motifs is 1. The Balaban J connectivity index is 1.32. The first kappa shape index (κ1) is 20.8. The lowest BCUT2D eigenvalue weighted by molar-refractivity contribution is -0.132. The molecule has 8 nitrogen and oxygen atoms in total. The van der Waals surface area contributed by atoms with E-state index < -0.39 is 11.4 Å². The normalized spacial score (nSPS) is 14.1. The number of nitrogens with zero attached hydrogens (tertiary/aromatic N) is 5. The number of hydrogen-bond acceptors (Lipinski definition) is 6. The minimum Gasteiger partial charge on any atom is -0.368 e. The summed E-state index contributed by atoms with van der Waals surface area (Å²) >= 11 is 0. The lowest BCUT2D eigenvalue weighted by Gasteiger charge is -2.36. The number of benzene rings is 2. The van der Waals surface area contributed by atoms with Gasteiger partial charge >= 0.3 is 0 Å². The largest absolute Gasteiger partial charge is 0.368 e. The monoisotopic (exact) mass is 451 g/mol. The summed E-state index contributed by atoms with van der Waals surface area (Å²) in [5.74, 6) is -0.914. The van der Waals surface area contributed by atoms with E-state index in [0.717, 1.165) is 5.69 Å². The number of anilines is 1. The number of piperazine rings is 1. The molecule has 0 atom stereocenters. The first-order valence-corrected chi connectivity index (χ1v) is 10.4. The molecule has 5 rings (SSSR count). The van der Waals surface area contributed by atoms with Gasteiger partial charge in [0, 0.05) is 37.4 Å². The molecule has 1 saturated heterocycles. The molecule has 1 amide bonds. The predicted molar refractivity (Wildman–Crippen MR) is 117 cm³/mol.